The van der Waals surface area contributed by atoms with E-state index in [1.54, 1.807) is 0 Å². The van der Waals surface area contributed by atoms with Crippen molar-refractivity contribution in [3.05, 3.63) is 0 Å². The van der Waals surface area contributed by atoms with E-state index in [1.807, 2.05) is 0 Å². The van der Waals surface area contributed by atoms with Gasteiger partial charge in [0.25, 0.3) is 0 Å². The summed E-state index contributed by atoms with van der Waals surface area (Å²) in [7, 11) is 0. The number of nitrogens with two attached hydrogens (primary N) is 1. The zero-order valence-electron chi connectivity index (χ0n) is 8.19. The largest absolute Gasteiger partial charge is 0.476 e. The molecule has 0 aromatic carbocycles. The van der Waals surface area contributed by atoms with Crippen LogP contribution >= 0.6 is 11.9 Å². The summed E-state index contributed by atoms with van der Waals surface area (Å²) in [6, 6.07) is 0. The maximum Gasteiger partial charge on any atom is 0.372 e. The van der Waals surface area contributed by atoms with Crippen molar-refractivity contribution in [2.75, 3.05) is 12.3 Å². The molecule has 0 saturated heterocycles. The van der Waals surface area contributed by atoms with Crippen LogP contribution in [0.4, 0.5) is 0 Å². The van der Waals surface area contributed by atoms with Gasteiger partial charge in [0.05, 0.1) is 0 Å². The van der Waals surface area contributed by atoms with Gasteiger partial charge in [-0.25, -0.2) is 4.79 Å². The Morgan fingerprint density at radius 2 is 1.93 bits per heavy atom. The fourth-order valence-electron chi connectivity index (χ4n) is 0.854. The number of hydrogen-bond acceptors (Lipinski definition) is 5. The smallest absolute Gasteiger partial charge is 0.372 e. The molecule has 0 bridgehead atoms. The van der Waals surface area contributed by atoms with Crippen LogP contribution < -0.4 is 10.5 Å². The highest BCUT2D eigenvalue weighted by atomic mass is 32.2. The molecule has 0 heterocycles. The standard InChI is InChI=1S/C8H14N2O4S/c9-15-5-4-10-7(12)3-1-2-6(11)8(13)14/h1-5,9H2,(H,10,12)(H,13,14). The Morgan fingerprint density at radius 1 is 1.27 bits per heavy atom. The number of hydrogen-bond donors (Lipinski definition) is 3. The Morgan fingerprint density at radius 3 is 2.47 bits per heavy atom. The highest BCUT2D eigenvalue weighted by Gasteiger charge is 2.11. The molecule has 1 amide bonds. The zero-order valence-corrected chi connectivity index (χ0v) is 9.01. The van der Waals surface area contributed by atoms with Crippen molar-refractivity contribution < 1.29 is 19.5 Å². The maximum atomic E-state index is 11.0. The summed E-state index contributed by atoms with van der Waals surface area (Å²) in [5.41, 5.74) is 0. The predicted molar refractivity (Wildman–Crippen MR) is 56.1 cm³/mol. The Hall–Kier alpha value is -1.08. The molecule has 15 heavy (non-hydrogen) atoms. The summed E-state index contributed by atoms with van der Waals surface area (Å²) < 4.78 is 0. The van der Waals surface area contributed by atoms with E-state index in [2.05, 4.69) is 5.32 Å². The fourth-order valence-corrected chi connectivity index (χ4v) is 1.07. The Kier molecular flexibility index (Phi) is 7.65. The van der Waals surface area contributed by atoms with Crippen molar-refractivity contribution in [3.8, 4) is 0 Å². The molecule has 0 radical (unpaired) electrons. The third-order valence-electron chi connectivity index (χ3n) is 1.59. The number of carboxylic acids is 1. The molecule has 0 aliphatic rings. The molecule has 0 aliphatic heterocycles. The summed E-state index contributed by atoms with van der Waals surface area (Å²) in [6.07, 6.45) is 0.315. The van der Waals surface area contributed by atoms with Gasteiger partial charge >= 0.3 is 5.97 Å². The van der Waals surface area contributed by atoms with E-state index >= 15 is 0 Å². The summed E-state index contributed by atoms with van der Waals surface area (Å²) in [6.45, 7) is 0.479. The van der Waals surface area contributed by atoms with Crippen molar-refractivity contribution in [1.82, 2.24) is 5.32 Å². The zero-order chi connectivity index (χ0) is 11.7. The molecule has 86 valence electrons. The van der Waals surface area contributed by atoms with Gasteiger partial charge in [0, 0.05) is 25.1 Å². The summed E-state index contributed by atoms with van der Waals surface area (Å²) in [5, 5.41) is 16.0. The number of rotatable bonds is 8. The van der Waals surface area contributed by atoms with E-state index in [0.29, 0.717) is 12.3 Å². The van der Waals surface area contributed by atoms with E-state index in [0.717, 1.165) is 11.9 Å². The average Bonchev–Trinajstić information content (AvgIpc) is 2.18. The van der Waals surface area contributed by atoms with Crippen LogP contribution in [0.15, 0.2) is 0 Å². The first-order valence-corrected chi connectivity index (χ1v) is 5.47. The lowest BCUT2D eigenvalue weighted by Crippen LogP contribution is -2.26. The fraction of sp³-hybridized carbons (Fsp3) is 0.625. The first kappa shape index (κ1) is 13.9. The van der Waals surface area contributed by atoms with Crippen LogP contribution in [0.25, 0.3) is 0 Å². The SMILES string of the molecule is NSCCNC(=O)CCCC(=O)C(=O)O. The van der Waals surface area contributed by atoms with Crippen LogP contribution in [0.1, 0.15) is 19.3 Å². The molecule has 0 aromatic rings. The van der Waals surface area contributed by atoms with Crippen LogP contribution in [-0.4, -0.2) is 35.1 Å². The van der Waals surface area contributed by atoms with E-state index in [1.165, 1.54) is 0 Å². The number of aliphatic carboxylic acids is 1. The number of carboxylic acid groups (broad SMARTS) is 1. The monoisotopic (exact) mass is 234 g/mol. The number of nitrogens with one attached hydrogen (secondary N) is 1. The normalized spacial score (nSPS) is 9.67. The number of Topliss-reactive ketones (excluding diaryl/α,β-unsaturated/α-hetero) is 1. The van der Waals surface area contributed by atoms with E-state index in [-0.39, 0.29) is 25.2 Å². The van der Waals surface area contributed by atoms with Crippen molar-refractivity contribution in [2.24, 2.45) is 5.14 Å². The van der Waals surface area contributed by atoms with Crippen molar-refractivity contribution in [1.29, 1.82) is 0 Å². The van der Waals surface area contributed by atoms with Gasteiger partial charge in [-0.15, -0.1) is 0 Å². The topological polar surface area (TPSA) is 109 Å². The summed E-state index contributed by atoms with van der Waals surface area (Å²) in [4.78, 5) is 31.8. The van der Waals surface area contributed by atoms with Crippen LogP contribution in [0, 0.1) is 0 Å². The van der Waals surface area contributed by atoms with Crippen molar-refractivity contribution >= 4 is 29.6 Å². The Labute approximate surface area is 91.7 Å². The molecule has 0 saturated carbocycles. The molecule has 6 nitrogen and oxygen atoms in total. The molecule has 0 unspecified atom stereocenters. The lowest BCUT2D eigenvalue weighted by molar-refractivity contribution is -0.149. The lowest BCUT2D eigenvalue weighted by atomic mass is 10.2. The van der Waals surface area contributed by atoms with E-state index in [9.17, 15) is 14.4 Å². The highest BCUT2D eigenvalue weighted by molar-refractivity contribution is 7.97. The number of carbonyl (C=O) groups excluding carboxylic acids is 2. The van der Waals surface area contributed by atoms with Crippen molar-refractivity contribution in [2.45, 2.75) is 19.3 Å². The Balaban J connectivity index is 3.47. The first-order chi connectivity index (χ1) is 7.07. The lowest BCUT2D eigenvalue weighted by Gasteiger charge is -2.02. The molecule has 7 heteroatoms. The second kappa shape index (κ2) is 8.25. The van der Waals surface area contributed by atoms with Gasteiger partial charge in [-0.1, -0.05) is 11.9 Å². The van der Waals surface area contributed by atoms with Gasteiger partial charge < -0.3 is 10.4 Å². The molecule has 0 spiro atoms. The van der Waals surface area contributed by atoms with Gasteiger partial charge in [0.15, 0.2) is 0 Å². The van der Waals surface area contributed by atoms with Crippen molar-refractivity contribution in [3.63, 3.8) is 0 Å². The second-order valence-electron chi connectivity index (χ2n) is 2.80. The van der Waals surface area contributed by atoms with E-state index in [4.69, 9.17) is 10.2 Å². The molecule has 0 aliphatic carbocycles. The maximum absolute atomic E-state index is 11.0. The quantitative estimate of drug-likeness (QED) is 0.297. The van der Waals surface area contributed by atoms with Gasteiger partial charge in [0.1, 0.15) is 0 Å². The molecule has 0 atom stereocenters. The molecule has 0 aromatic heterocycles. The molecule has 0 rings (SSSR count). The minimum absolute atomic E-state index is 0.103. The highest BCUT2D eigenvalue weighted by Crippen LogP contribution is 1.96. The molecule has 0 fully saturated rings. The number of carbonyl (C=O) groups is 3. The average molecular weight is 234 g/mol. The summed E-state index contributed by atoms with van der Waals surface area (Å²) >= 11 is 1.13. The predicted octanol–water partition coefficient (Wildman–Crippen LogP) is -0.467. The van der Waals surface area contributed by atoms with Gasteiger partial charge in [0.2, 0.25) is 11.7 Å². The third-order valence-corrected chi connectivity index (χ3v) is 2.03. The number of ketones is 1. The molecular weight excluding hydrogens is 220 g/mol. The summed E-state index contributed by atoms with van der Waals surface area (Å²) in [5.74, 6) is -1.88. The van der Waals surface area contributed by atoms with Crippen LogP contribution in [0.5, 0.6) is 0 Å². The van der Waals surface area contributed by atoms with Crippen LogP contribution in [0.2, 0.25) is 0 Å². The van der Waals surface area contributed by atoms with Gasteiger partial charge in [-0.2, -0.15) is 0 Å². The Bertz CT molecular complexity index is 245. The minimum Gasteiger partial charge on any atom is -0.476 e. The first-order valence-electron chi connectivity index (χ1n) is 4.42. The van der Waals surface area contributed by atoms with Crippen LogP contribution in [0.3, 0.4) is 0 Å². The third kappa shape index (κ3) is 7.95. The second-order valence-corrected chi connectivity index (χ2v) is 3.54. The number of amides is 1. The van der Waals surface area contributed by atoms with Gasteiger partial charge in [-0.3, -0.25) is 14.7 Å². The minimum atomic E-state index is -1.45. The van der Waals surface area contributed by atoms with Gasteiger partial charge in [-0.05, 0) is 6.42 Å². The molecule has 4 N–H and O–H groups in total. The molecular formula is C8H14N2O4S. The van der Waals surface area contributed by atoms with Crippen LogP contribution in [-0.2, 0) is 14.4 Å². The van der Waals surface area contributed by atoms with E-state index < -0.39 is 11.8 Å².